The summed E-state index contributed by atoms with van der Waals surface area (Å²) in [5, 5.41) is 73.2. The maximum Gasteiger partial charge on any atom is 0.367 e. The third kappa shape index (κ3) is 6.31. The SMILES string of the molecule is O=[N+](O)c1cc(/N=N/c2cc(/N=N/c3cc(S(=O)(=O)O)cc4cc(S(=O)(=O)O)cc(O)c34)c(O)cc2O)c(O)c([N+](=O)O)c1. The second-order valence-electron chi connectivity index (χ2n) is 8.54. The van der Waals surface area contributed by atoms with Crippen molar-refractivity contribution in [2.45, 2.75) is 9.79 Å². The minimum Gasteiger partial charge on any atom is -0.507 e. The number of hydrogen-bond acceptors (Lipinski definition) is 14. The molecule has 0 amide bonds. The number of nitrogens with zero attached hydrogens (tertiary/aromatic N) is 6. The van der Waals surface area contributed by atoms with Gasteiger partial charge in [-0.1, -0.05) is 0 Å². The molecule has 20 nitrogen and oxygen atoms in total. The Morgan fingerprint density at radius 3 is 1.55 bits per heavy atom. The standard InChI is InChI=1S/C22H14N6O14S2/c29-18-8-19(30)14(24-26-16-3-10(27(33)34)4-17(22(16)32)28(35)36)7-13(18)23-25-15-5-11(43(37,38)39)1-9-2-12(44(40,41)42)6-20(31)21(9)15/h1-8H,(H6-2,23,24,25,26,29,30,31,32,33,34,35,36,37,38,39,40,41,42)/p+2. The summed E-state index contributed by atoms with van der Waals surface area (Å²) in [6.45, 7) is 0. The smallest absolute Gasteiger partial charge is 0.367 e. The van der Waals surface area contributed by atoms with Crippen LogP contribution in [0.3, 0.4) is 0 Å². The van der Waals surface area contributed by atoms with E-state index in [4.69, 9.17) is 10.4 Å². The second kappa shape index (κ2) is 11.1. The fourth-order valence-electron chi connectivity index (χ4n) is 3.65. The predicted molar refractivity (Wildman–Crippen MR) is 142 cm³/mol. The lowest BCUT2D eigenvalue weighted by molar-refractivity contribution is -0.735. The van der Waals surface area contributed by atoms with E-state index in [2.05, 4.69) is 20.5 Å². The number of hydrogen-bond donors (Lipinski definition) is 8. The maximum atomic E-state index is 11.8. The van der Waals surface area contributed by atoms with E-state index in [-0.39, 0.29) is 10.8 Å². The van der Waals surface area contributed by atoms with Crippen LogP contribution in [0.25, 0.3) is 10.8 Å². The van der Waals surface area contributed by atoms with Crippen LogP contribution in [0.5, 0.6) is 23.0 Å². The summed E-state index contributed by atoms with van der Waals surface area (Å²) in [5.41, 5.74) is -3.72. The summed E-state index contributed by atoms with van der Waals surface area (Å²) in [6.07, 6.45) is 0. The Morgan fingerprint density at radius 2 is 1.05 bits per heavy atom. The van der Waals surface area contributed by atoms with Crippen LogP contribution in [0.4, 0.5) is 34.1 Å². The maximum absolute atomic E-state index is 11.8. The van der Waals surface area contributed by atoms with Crippen molar-refractivity contribution in [1.29, 1.82) is 0 Å². The van der Waals surface area contributed by atoms with Gasteiger partial charge < -0.3 is 20.4 Å². The Hall–Kier alpha value is -5.84. The van der Waals surface area contributed by atoms with Crippen LogP contribution in [-0.4, -0.2) is 66.6 Å². The van der Waals surface area contributed by atoms with Gasteiger partial charge in [0.2, 0.25) is 5.75 Å². The molecule has 0 aliphatic carbocycles. The molecule has 4 aromatic rings. The van der Waals surface area contributed by atoms with Gasteiger partial charge in [0.25, 0.3) is 30.1 Å². The summed E-state index contributed by atoms with van der Waals surface area (Å²) in [4.78, 5) is 19.3. The van der Waals surface area contributed by atoms with E-state index in [9.17, 15) is 56.2 Å². The largest absolute Gasteiger partial charge is 0.507 e. The van der Waals surface area contributed by atoms with Crippen molar-refractivity contribution >= 4 is 65.1 Å². The highest BCUT2D eigenvalue weighted by atomic mass is 32.2. The zero-order valence-corrected chi connectivity index (χ0v) is 22.8. The first-order chi connectivity index (χ1) is 20.4. The molecular weight excluding hydrogens is 636 g/mol. The monoisotopic (exact) mass is 652 g/mol. The summed E-state index contributed by atoms with van der Waals surface area (Å²) in [5.74, 6) is -3.29. The van der Waals surface area contributed by atoms with Crippen molar-refractivity contribution in [1.82, 2.24) is 0 Å². The van der Waals surface area contributed by atoms with Crippen molar-refractivity contribution in [2.24, 2.45) is 20.5 Å². The molecule has 0 aliphatic rings. The van der Waals surface area contributed by atoms with Gasteiger partial charge in [0.15, 0.2) is 0 Å². The van der Waals surface area contributed by atoms with E-state index in [1.54, 1.807) is 0 Å². The molecule has 22 heteroatoms. The number of phenols is 4. The molecule has 8 N–H and O–H groups in total. The number of phenolic OH excluding ortho intramolecular Hbond substituents is 4. The number of azo groups is 2. The van der Waals surface area contributed by atoms with Gasteiger partial charge in [-0.3, -0.25) is 9.11 Å². The zero-order chi connectivity index (χ0) is 32.7. The molecule has 44 heavy (non-hydrogen) atoms. The van der Waals surface area contributed by atoms with E-state index < -0.39 is 97.0 Å². The fraction of sp³-hybridized carbons (Fsp3) is 0. The summed E-state index contributed by atoms with van der Waals surface area (Å²) in [6, 6.07) is 5.81. The van der Waals surface area contributed by atoms with Gasteiger partial charge in [-0.05, 0) is 23.6 Å². The lowest BCUT2D eigenvalue weighted by Gasteiger charge is -2.09. The topological polar surface area (TPSA) is 320 Å². The van der Waals surface area contributed by atoms with E-state index >= 15 is 0 Å². The van der Waals surface area contributed by atoms with Crippen LogP contribution in [-0.2, 0) is 20.2 Å². The summed E-state index contributed by atoms with van der Waals surface area (Å²) in [7, 11) is -9.81. The third-order valence-corrected chi connectivity index (χ3v) is 7.30. The van der Waals surface area contributed by atoms with E-state index in [0.717, 1.165) is 30.3 Å². The van der Waals surface area contributed by atoms with Gasteiger partial charge in [-0.2, -0.15) is 16.8 Å². The van der Waals surface area contributed by atoms with Crippen molar-refractivity contribution in [3.63, 3.8) is 0 Å². The van der Waals surface area contributed by atoms with Crippen molar-refractivity contribution in [3.8, 4) is 23.0 Å². The lowest BCUT2D eigenvalue weighted by atomic mass is 10.1. The van der Waals surface area contributed by atoms with Gasteiger partial charge in [0, 0.05) is 18.2 Å². The molecule has 0 radical (unpaired) electrons. The van der Waals surface area contributed by atoms with Crippen LogP contribution >= 0.6 is 0 Å². The Kier molecular flexibility index (Phi) is 7.85. The van der Waals surface area contributed by atoms with Gasteiger partial charge in [-0.25, -0.2) is 10.4 Å². The Morgan fingerprint density at radius 1 is 0.545 bits per heavy atom. The molecule has 0 unspecified atom stereocenters. The molecule has 0 aromatic heterocycles. The molecule has 4 aromatic carbocycles. The average Bonchev–Trinajstić information content (AvgIpc) is 2.90. The normalized spacial score (nSPS) is 12.3. The second-order valence-corrected chi connectivity index (χ2v) is 11.4. The Balaban J connectivity index is 1.84. The summed E-state index contributed by atoms with van der Waals surface area (Å²) < 4.78 is 65.6. The molecule has 228 valence electrons. The van der Waals surface area contributed by atoms with Gasteiger partial charge >= 0.3 is 11.4 Å². The third-order valence-electron chi connectivity index (χ3n) is 5.63. The first-order valence-electron chi connectivity index (χ1n) is 11.2. The minimum absolute atomic E-state index is 0.300. The molecule has 4 rings (SSSR count). The first-order valence-corrected chi connectivity index (χ1v) is 14.1. The Bertz CT molecular complexity index is 2180. The molecule has 0 heterocycles. The van der Waals surface area contributed by atoms with E-state index in [1.807, 2.05) is 0 Å². The van der Waals surface area contributed by atoms with Crippen LogP contribution in [0.1, 0.15) is 0 Å². The highest BCUT2D eigenvalue weighted by molar-refractivity contribution is 7.86. The molecule has 0 aliphatic heterocycles. The quantitative estimate of drug-likeness (QED) is 0.0733. The Labute approximate surface area is 243 Å². The van der Waals surface area contributed by atoms with E-state index in [1.165, 1.54) is 0 Å². The zero-order valence-electron chi connectivity index (χ0n) is 21.1. The molecule has 0 atom stereocenters. The van der Waals surface area contributed by atoms with Crippen LogP contribution < -0.4 is 0 Å². The molecule has 0 spiro atoms. The van der Waals surface area contributed by atoms with Gasteiger partial charge in [0.1, 0.15) is 40.4 Å². The number of benzene rings is 4. The molecular formula is C22H16N6O14S2+2. The first kappa shape index (κ1) is 31.1. The molecule has 0 saturated heterocycles. The van der Waals surface area contributed by atoms with Gasteiger partial charge in [0.05, 0.1) is 36.7 Å². The van der Waals surface area contributed by atoms with Crippen molar-refractivity contribution in [3.05, 3.63) is 58.3 Å². The number of rotatable bonds is 8. The molecule has 0 saturated carbocycles. The van der Waals surface area contributed by atoms with E-state index in [0.29, 0.717) is 18.2 Å². The van der Waals surface area contributed by atoms with Crippen LogP contribution in [0, 0.1) is 9.81 Å². The predicted octanol–water partition coefficient (Wildman–Crippen LogP) is 4.59. The van der Waals surface area contributed by atoms with Gasteiger partial charge in [-0.15, -0.1) is 20.5 Å². The number of aromatic hydroxyl groups is 4. The highest BCUT2D eigenvalue weighted by Crippen LogP contribution is 2.44. The minimum atomic E-state index is -4.94. The lowest BCUT2D eigenvalue weighted by Crippen LogP contribution is -2.00. The highest BCUT2D eigenvalue weighted by Gasteiger charge is 2.29. The van der Waals surface area contributed by atoms with Crippen molar-refractivity contribution < 1.29 is 66.6 Å². The average molecular weight is 653 g/mol. The molecule has 0 fully saturated rings. The van der Waals surface area contributed by atoms with Crippen LogP contribution in [0.2, 0.25) is 0 Å². The summed E-state index contributed by atoms with van der Waals surface area (Å²) >= 11 is 0. The number of fused-ring (bicyclic) bond motifs is 1. The molecule has 0 bridgehead atoms. The fourth-order valence-corrected chi connectivity index (χ4v) is 4.72. The van der Waals surface area contributed by atoms with Crippen LogP contribution in [0.15, 0.2) is 78.8 Å². The van der Waals surface area contributed by atoms with Crippen molar-refractivity contribution in [2.75, 3.05) is 0 Å².